The van der Waals surface area contributed by atoms with Gasteiger partial charge in [0.1, 0.15) is 18.1 Å². The minimum absolute atomic E-state index is 0.0700. The highest BCUT2D eigenvalue weighted by atomic mass is 79.9. The number of hydrogen-bond acceptors (Lipinski definition) is 4. The van der Waals surface area contributed by atoms with Crippen LogP contribution in [0.15, 0.2) is 53.0 Å². The minimum Gasteiger partial charge on any atom is -0.492 e. The van der Waals surface area contributed by atoms with Gasteiger partial charge in [-0.25, -0.2) is 0 Å². The fourth-order valence-electron chi connectivity index (χ4n) is 2.31. The number of nitrogens with zero attached hydrogens (tertiary/aromatic N) is 1. The summed E-state index contributed by atoms with van der Waals surface area (Å²) in [6.07, 6.45) is 0.0700. The van der Waals surface area contributed by atoms with Crippen molar-refractivity contribution in [3.63, 3.8) is 0 Å². The Bertz CT molecular complexity index is 776. The summed E-state index contributed by atoms with van der Waals surface area (Å²) in [6, 6.07) is 14.3. The molecule has 0 aliphatic heterocycles. The first-order valence-corrected chi connectivity index (χ1v) is 9.81. The molecule has 0 heterocycles. The Balaban J connectivity index is 1.72. The van der Waals surface area contributed by atoms with Crippen molar-refractivity contribution >= 4 is 27.7 Å². The van der Waals surface area contributed by atoms with E-state index >= 15 is 0 Å². The zero-order valence-corrected chi connectivity index (χ0v) is 17.9. The maximum Gasteiger partial charge on any atom is 0.251 e. The summed E-state index contributed by atoms with van der Waals surface area (Å²) in [4.78, 5) is 25.9. The van der Waals surface area contributed by atoms with E-state index in [1.165, 1.54) is 4.90 Å². The van der Waals surface area contributed by atoms with Crippen LogP contribution < -0.4 is 14.8 Å². The monoisotopic (exact) mass is 448 g/mol. The van der Waals surface area contributed by atoms with Gasteiger partial charge in [0.05, 0.1) is 19.2 Å². The molecule has 0 aliphatic rings. The predicted octanol–water partition coefficient (Wildman–Crippen LogP) is 3.50. The molecule has 0 radical (unpaired) electrons. The lowest BCUT2D eigenvalue weighted by Gasteiger charge is -2.18. The number of ether oxygens (including phenoxy) is 2. The molecule has 1 N–H and O–H groups in total. The molecule has 2 amide bonds. The second kappa shape index (κ2) is 10.7. The first-order chi connectivity index (χ1) is 13.3. The molecule has 2 rings (SSSR count). The lowest BCUT2D eigenvalue weighted by Crippen LogP contribution is -2.39. The van der Waals surface area contributed by atoms with Crippen molar-refractivity contribution in [1.29, 1.82) is 0 Å². The van der Waals surface area contributed by atoms with Gasteiger partial charge in [0.25, 0.3) is 5.91 Å². The molecule has 0 atom stereocenters. The number of amides is 2. The van der Waals surface area contributed by atoms with Crippen molar-refractivity contribution in [3.05, 3.63) is 58.6 Å². The lowest BCUT2D eigenvalue weighted by molar-refractivity contribution is -0.129. The van der Waals surface area contributed by atoms with Crippen LogP contribution in [0.3, 0.4) is 0 Å². The third-order valence-electron chi connectivity index (χ3n) is 3.82. The van der Waals surface area contributed by atoms with Gasteiger partial charge in [0.15, 0.2) is 0 Å². The number of carbonyl (C=O) groups is 2. The van der Waals surface area contributed by atoms with Gasteiger partial charge in [-0.3, -0.25) is 9.59 Å². The average molecular weight is 449 g/mol. The topological polar surface area (TPSA) is 67.9 Å². The third kappa shape index (κ3) is 7.23. The van der Waals surface area contributed by atoms with Crippen molar-refractivity contribution in [2.45, 2.75) is 20.0 Å². The molecule has 150 valence electrons. The molecular formula is C21H25BrN2O4. The summed E-state index contributed by atoms with van der Waals surface area (Å²) in [5.74, 6) is 0.951. The van der Waals surface area contributed by atoms with Gasteiger partial charge in [0, 0.05) is 17.1 Å². The van der Waals surface area contributed by atoms with Gasteiger partial charge in [0.2, 0.25) is 5.91 Å². The van der Waals surface area contributed by atoms with E-state index in [2.05, 4.69) is 21.2 Å². The predicted molar refractivity (Wildman–Crippen MR) is 112 cm³/mol. The molecule has 2 aromatic carbocycles. The number of likely N-dealkylation sites (N-methyl/N-ethyl adjacent to an activating group) is 1. The van der Waals surface area contributed by atoms with E-state index < -0.39 is 0 Å². The van der Waals surface area contributed by atoms with Crippen LogP contribution in [0.1, 0.15) is 24.2 Å². The van der Waals surface area contributed by atoms with Crippen LogP contribution in [0.5, 0.6) is 11.5 Å². The number of rotatable bonds is 9. The quantitative estimate of drug-likeness (QED) is 0.637. The van der Waals surface area contributed by atoms with Crippen LogP contribution >= 0.6 is 15.9 Å². The van der Waals surface area contributed by atoms with E-state index in [-0.39, 0.29) is 24.5 Å². The molecule has 0 unspecified atom stereocenters. The summed E-state index contributed by atoms with van der Waals surface area (Å²) in [6.45, 7) is 4.60. The number of hydrogen-bond donors (Lipinski definition) is 1. The second-order valence-electron chi connectivity index (χ2n) is 6.49. The fourth-order valence-corrected chi connectivity index (χ4v) is 2.57. The Labute approximate surface area is 174 Å². The molecule has 7 heteroatoms. The van der Waals surface area contributed by atoms with E-state index in [0.717, 1.165) is 10.2 Å². The largest absolute Gasteiger partial charge is 0.492 e. The third-order valence-corrected chi connectivity index (χ3v) is 4.35. The van der Waals surface area contributed by atoms with Crippen LogP contribution in [0, 0.1) is 0 Å². The molecule has 0 spiro atoms. The van der Waals surface area contributed by atoms with Gasteiger partial charge in [-0.15, -0.1) is 0 Å². The highest BCUT2D eigenvalue weighted by Gasteiger charge is 2.12. The van der Waals surface area contributed by atoms with Crippen LogP contribution in [-0.4, -0.2) is 49.6 Å². The summed E-state index contributed by atoms with van der Waals surface area (Å²) >= 11 is 3.37. The van der Waals surface area contributed by atoms with E-state index in [1.807, 2.05) is 38.1 Å². The molecule has 0 fully saturated rings. The normalized spacial score (nSPS) is 10.5. The zero-order chi connectivity index (χ0) is 20.5. The lowest BCUT2D eigenvalue weighted by atomic mass is 10.2. The SMILES string of the molecule is CC(C)Oc1ccc(C(=O)NCC(=O)N(C)CCOc2ccc(Br)cc2)cc1. The van der Waals surface area contributed by atoms with E-state index in [9.17, 15) is 9.59 Å². The molecule has 0 bridgehead atoms. The van der Waals surface area contributed by atoms with Crippen molar-refractivity contribution in [3.8, 4) is 11.5 Å². The van der Waals surface area contributed by atoms with Crippen molar-refractivity contribution < 1.29 is 19.1 Å². The number of nitrogens with one attached hydrogen (secondary N) is 1. The Morgan fingerprint density at radius 3 is 2.25 bits per heavy atom. The van der Waals surface area contributed by atoms with Crippen LogP contribution in [0.25, 0.3) is 0 Å². The molecule has 28 heavy (non-hydrogen) atoms. The first kappa shape index (κ1) is 21.8. The van der Waals surface area contributed by atoms with Gasteiger partial charge < -0.3 is 19.7 Å². The van der Waals surface area contributed by atoms with E-state index in [1.54, 1.807) is 31.3 Å². The summed E-state index contributed by atoms with van der Waals surface area (Å²) in [5, 5.41) is 2.64. The standard InChI is InChI=1S/C21H25BrN2O4/c1-15(2)28-19-8-4-16(5-9-19)21(26)23-14-20(25)24(3)12-13-27-18-10-6-17(22)7-11-18/h4-11,15H,12-14H2,1-3H3,(H,23,26). The number of benzene rings is 2. The van der Waals surface area contributed by atoms with Crippen LogP contribution in [0.4, 0.5) is 0 Å². The maximum absolute atomic E-state index is 12.2. The number of halogens is 1. The van der Waals surface area contributed by atoms with E-state index in [0.29, 0.717) is 24.5 Å². The molecule has 6 nitrogen and oxygen atoms in total. The fraction of sp³-hybridized carbons (Fsp3) is 0.333. The second-order valence-corrected chi connectivity index (χ2v) is 7.41. The molecule has 0 saturated heterocycles. The Kier molecular flexibility index (Phi) is 8.32. The average Bonchev–Trinajstić information content (AvgIpc) is 2.67. The summed E-state index contributed by atoms with van der Waals surface area (Å²) < 4.78 is 12.1. The molecule has 0 aliphatic carbocycles. The van der Waals surface area contributed by atoms with Crippen LogP contribution in [0.2, 0.25) is 0 Å². The van der Waals surface area contributed by atoms with Gasteiger partial charge >= 0.3 is 0 Å². The van der Waals surface area contributed by atoms with Crippen molar-refractivity contribution in [2.24, 2.45) is 0 Å². The first-order valence-electron chi connectivity index (χ1n) is 9.02. The summed E-state index contributed by atoms with van der Waals surface area (Å²) in [7, 11) is 1.68. The molecule has 0 saturated carbocycles. The van der Waals surface area contributed by atoms with Gasteiger partial charge in [-0.2, -0.15) is 0 Å². The Morgan fingerprint density at radius 2 is 1.64 bits per heavy atom. The van der Waals surface area contributed by atoms with Crippen LogP contribution in [-0.2, 0) is 4.79 Å². The zero-order valence-electron chi connectivity index (χ0n) is 16.3. The Hall–Kier alpha value is -2.54. The molecular weight excluding hydrogens is 424 g/mol. The van der Waals surface area contributed by atoms with Crippen molar-refractivity contribution in [2.75, 3.05) is 26.7 Å². The summed E-state index contributed by atoms with van der Waals surface area (Å²) in [5.41, 5.74) is 0.477. The van der Waals surface area contributed by atoms with E-state index in [4.69, 9.17) is 9.47 Å². The highest BCUT2D eigenvalue weighted by Crippen LogP contribution is 2.16. The van der Waals surface area contributed by atoms with Gasteiger partial charge in [-0.1, -0.05) is 15.9 Å². The number of carbonyl (C=O) groups excluding carboxylic acids is 2. The van der Waals surface area contributed by atoms with Gasteiger partial charge in [-0.05, 0) is 62.4 Å². The minimum atomic E-state index is -0.302. The molecule has 2 aromatic rings. The highest BCUT2D eigenvalue weighted by molar-refractivity contribution is 9.10. The Morgan fingerprint density at radius 1 is 1.04 bits per heavy atom. The van der Waals surface area contributed by atoms with Crippen molar-refractivity contribution in [1.82, 2.24) is 10.2 Å². The molecule has 0 aromatic heterocycles. The maximum atomic E-state index is 12.2. The smallest absolute Gasteiger partial charge is 0.251 e.